The molecule has 1 saturated heterocycles. The molecule has 1 heterocycles. The first-order chi connectivity index (χ1) is 18.2. The number of anilines is 1. The van der Waals surface area contributed by atoms with Gasteiger partial charge in [0.1, 0.15) is 11.9 Å². The molecule has 5 rings (SSSR count). The van der Waals surface area contributed by atoms with Crippen LogP contribution in [0.4, 0.5) is 10.1 Å². The number of carbonyl (C=O) groups is 2. The van der Waals surface area contributed by atoms with Gasteiger partial charge in [0.25, 0.3) is 10.2 Å². The summed E-state index contributed by atoms with van der Waals surface area (Å²) in [6, 6.07) is 11.0. The minimum atomic E-state index is -3.54. The average molecular weight is 563 g/mol. The number of nitrogens with zero attached hydrogens (tertiary/aromatic N) is 2. The van der Waals surface area contributed by atoms with Gasteiger partial charge in [-0.2, -0.15) is 17.4 Å². The zero-order valence-corrected chi connectivity index (χ0v) is 22.6. The highest BCUT2D eigenvalue weighted by Gasteiger charge is 2.45. The van der Waals surface area contributed by atoms with Crippen molar-refractivity contribution in [3.8, 4) is 0 Å². The fourth-order valence-electron chi connectivity index (χ4n) is 5.33. The monoisotopic (exact) mass is 562 g/mol. The zero-order chi connectivity index (χ0) is 26.9. The molecular weight excluding hydrogens is 531 g/mol. The van der Waals surface area contributed by atoms with Crippen LogP contribution in [-0.2, 0) is 19.8 Å². The molecule has 204 valence electrons. The van der Waals surface area contributed by atoms with Crippen molar-refractivity contribution in [2.45, 2.75) is 63.1 Å². The Bertz CT molecular complexity index is 1290. The number of halogens is 2. The molecule has 0 radical (unpaired) electrons. The van der Waals surface area contributed by atoms with Crippen LogP contribution in [0.5, 0.6) is 0 Å². The Balaban J connectivity index is 1.45. The van der Waals surface area contributed by atoms with E-state index in [1.165, 1.54) is 27.4 Å². The molecule has 2 amide bonds. The van der Waals surface area contributed by atoms with Gasteiger partial charge in [-0.1, -0.05) is 55.1 Å². The molecule has 2 N–H and O–H groups in total. The maximum Gasteiger partial charge on any atom is 0.279 e. The first-order valence-corrected chi connectivity index (χ1v) is 15.0. The minimum absolute atomic E-state index is 0.00869. The van der Waals surface area contributed by atoms with E-state index in [-0.39, 0.29) is 42.4 Å². The van der Waals surface area contributed by atoms with Gasteiger partial charge in [-0.25, -0.2) is 4.39 Å². The summed E-state index contributed by atoms with van der Waals surface area (Å²) in [5, 5.41) is 3.44. The molecule has 0 unspecified atom stereocenters. The van der Waals surface area contributed by atoms with Crippen LogP contribution in [0.3, 0.4) is 0 Å². The highest BCUT2D eigenvalue weighted by molar-refractivity contribution is 7.87. The quantitative estimate of drug-likeness (QED) is 0.452. The van der Waals surface area contributed by atoms with Crippen molar-refractivity contribution in [2.75, 3.05) is 18.0 Å². The summed E-state index contributed by atoms with van der Waals surface area (Å²) in [4.78, 5) is 29.2. The summed E-state index contributed by atoms with van der Waals surface area (Å²) in [7, 11) is -3.54. The fraction of sp³-hybridized carbons (Fsp3) is 0.481. The Hall–Kier alpha value is -2.53. The summed E-state index contributed by atoms with van der Waals surface area (Å²) < 4.78 is 42.9. The molecule has 2 aliphatic carbocycles. The van der Waals surface area contributed by atoms with Crippen LogP contribution in [0.15, 0.2) is 48.5 Å². The summed E-state index contributed by atoms with van der Waals surface area (Å²) >= 11 is 6.56. The zero-order valence-electron chi connectivity index (χ0n) is 21.0. The van der Waals surface area contributed by atoms with E-state index in [0.717, 1.165) is 32.1 Å². The van der Waals surface area contributed by atoms with Crippen LogP contribution >= 0.6 is 11.6 Å². The number of benzene rings is 2. The Morgan fingerprint density at radius 3 is 2.37 bits per heavy atom. The largest absolute Gasteiger partial charge is 0.351 e. The number of nitrogens with one attached hydrogen (secondary N) is 2. The second-order valence-electron chi connectivity index (χ2n) is 10.3. The van der Waals surface area contributed by atoms with Gasteiger partial charge in [0.05, 0.1) is 0 Å². The van der Waals surface area contributed by atoms with Gasteiger partial charge >= 0.3 is 0 Å². The fourth-order valence-corrected chi connectivity index (χ4v) is 6.89. The van der Waals surface area contributed by atoms with Crippen LogP contribution in [0.2, 0.25) is 5.02 Å². The number of rotatable bonds is 9. The summed E-state index contributed by atoms with van der Waals surface area (Å²) in [6.45, 7) is 0.987. The van der Waals surface area contributed by atoms with E-state index in [0.29, 0.717) is 23.7 Å². The highest BCUT2D eigenvalue weighted by atomic mass is 35.5. The Morgan fingerprint density at radius 2 is 1.71 bits per heavy atom. The molecule has 38 heavy (non-hydrogen) atoms. The van der Waals surface area contributed by atoms with Crippen molar-refractivity contribution >= 4 is 39.3 Å². The lowest BCUT2D eigenvalue weighted by atomic mass is 9.79. The molecule has 0 spiro atoms. The normalized spacial score (nSPS) is 22.8. The predicted octanol–water partition coefficient (Wildman–Crippen LogP) is 3.93. The molecule has 1 atom stereocenters. The van der Waals surface area contributed by atoms with Crippen molar-refractivity contribution in [2.24, 2.45) is 5.92 Å². The highest BCUT2D eigenvalue weighted by Crippen LogP contribution is 2.38. The van der Waals surface area contributed by atoms with E-state index in [4.69, 9.17) is 11.6 Å². The third kappa shape index (κ3) is 6.03. The van der Waals surface area contributed by atoms with Gasteiger partial charge in [-0.15, -0.1) is 0 Å². The smallest absolute Gasteiger partial charge is 0.279 e. The van der Waals surface area contributed by atoms with Crippen LogP contribution < -0.4 is 14.9 Å². The maximum atomic E-state index is 14.4. The molecule has 8 nitrogen and oxygen atoms in total. The van der Waals surface area contributed by atoms with E-state index in [2.05, 4.69) is 10.0 Å². The van der Waals surface area contributed by atoms with Gasteiger partial charge < -0.3 is 5.32 Å². The SMILES string of the molecule is O=C(NC1CCCCC1)[C@@H](c1ccccc1Cl)N(c1cccc(F)c1)C(=O)[C@H]1C[C@H](NS(=O)(=O)N2CC2)C1. The van der Waals surface area contributed by atoms with Gasteiger partial charge in [-0.05, 0) is 49.9 Å². The van der Waals surface area contributed by atoms with Crippen LogP contribution in [0, 0.1) is 11.7 Å². The first kappa shape index (κ1) is 27.1. The third-order valence-electron chi connectivity index (χ3n) is 7.53. The Labute approximate surface area is 227 Å². The van der Waals surface area contributed by atoms with Crippen LogP contribution in [0.1, 0.15) is 56.6 Å². The van der Waals surface area contributed by atoms with Gasteiger partial charge in [0.15, 0.2) is 0 Å². The molecule has 0 bridgehead atoms. The van der Waals surface area contributed by atoms with E-state index in [9.17, 15) is 22.4 Å². The molecule has 2 saturated carbocycles. The Morgan fingerprint density at radius 1 is 1.00 bits per heavy atom. The van der Waals surface area contributed by atoms with E-state index in [1.807, 2.05) is 0 Å². The van der Waals surface area contributed by atoms with Gasteiger partial charge in [0, 0.05) is 47.4 Å². The number of hydrogen-bond acceptors (Lipinski definition) is 4. The van der Waals surface area contributed by atoms with E-state index < -0.39 is 28.0 Å². The molecule has 2 aromatic carbocycles. The lowest BCUT2D eigenvalue weighted by molar-refractivity contribution is -0.130. The number of amides is 2. The minimum Gasteiger partial charge on any atom is -0.351 e. The van der Waals surface area contributed by atoms with Crippen molar-refractivity contribution in [1.82, 2.24) is 14.3 Å². The van der Waals surface area contributed by atoms with Crippen molar-refractivity contribution in [3.05, 3.63) is 64.9 Å². The summed E-state index contributed by atoms with van der Waals surface area (Å²) in [5.41, 5.74) is 0.685. The van der Waals surface area contributed by atoms with Gasteiger partial charge in [-0.3, -0.25) is 14.5 Å². The molecule has 2 aromatic rings. The standard InChI is InChI=1S/C27H32ClFN4O4S/c28-24-12-5-4-11-23(24)25(26(34)30-20-8-2-1-3-9-20)33(22-10-6-7-19(29)17-22)27(35)18-15-21(16-18)31-38(36,37)32-13-14-32/h4-7,10-12,17-18,20-21,25,31H,1-3,8-9,13-16H2,(H,30,34)/t18-,21-,25-/m1/s1. The van der Waals surface area contributed by atoms with Gasteiger partial charge in [0.2, 0.25) is 11.8 Å². The second kappa shape index (κ2) is 11.3. The molecule has 0 aromatic heterocycles. The lowest BCUT2D eigenvalue weighted by Gasteiger charge is -2.40. The number of hydrogen-bond donors (Lipinski definition) is 2. The van der Waals surface area contributed by atoms with Crippen molar-refractivity contribution in [3.63, 3.8) is 0 Å². The second-order valence-corrected chi connectivity index (χ2v) is 12.5. The third-order valence-corrected chi connectivity index (χ3v) is 9.55. The van der Waals surface area contributed by atoms with Crippen LogP contribution in [0.25, 0.3) is 0 Å². The topological polar surface area (TPSA) is 98.6 Å². The molecule has 3 fully saturated rings. The molecular formula is C27H32ClFN4O4S. The molecule has 3 aliphatic rings. The lowest BCUT2D eigenvalue weighted by Crippen LogP contribution is -2.54. The van der Waals surface area contributed by atoms with E-state index in [1.54, 1.807) is 30.3 Å². The number of carbonyl (C=O) groups excluding carboxylic acids is 2. The average Bonchev–Trinajstić information content (AvgIpc) is 3.72. The maximum absolute atomic E-state index is 14.4. The summed E-state index contributed by atoms with van der Waals surface area (Å²) in [5.74, 6) is -1.82. The van der Waals surface area contributed by atoms with Crippen molar-refractivity contribution < 1.29 is 22.4 Å². The first-order valence-electron chi connectivity index (χ1n) is 13.1. The van der Waals surface area contributed by atoms with E-state index >= 15 is 0 Å². The Kier molecular flexibility index (Phi) is 8.04. The molecule has 11 heteroatoms. The molecule has 1 aliphatic heterocycles. The summed E-state index contributed by atoms with van der Waals surface area (Å²) in [6.07, 6.45) is 5.45. The van der Waals surface area contributed by atoms with Crippen LogP contribution in [-0.4, -0.2) is 49.7 Å². The predicted molar refractivity (Wildman–Crippen MR) is 143 cm³/mol. The van der Waals surface area contributed by atoms with Crippen molar-refractivity contribution in [1.29, 1.82) is 0 Å².